The Kier molecular flexibility index (Phi) is 6.85. The van der Waals surface area contributed by atoms with Crippen molar-refractivity contribution >= 4 is 6.29 Å². The van der Waals surface area contributed by atoms with Crippen molar-refractivity contribution in [2.45, 2.75) is 47.1 Å². The number of rotatable bonds is 9. The molecule has 0 spiro atoms. The molecule has 0 aliphatic rings. The predicted octanol–water partition coefficient (Wildman–Crippen LogP) is 3.99. The highest BCUT2D eigenvalue weighted by molar-refractivity contribution is 5.70. The van der Waals surface area contributed by atoms with Gasteiger partial charge in [0, 0.05) is 0 Å². The molecule has 0 radical (unpaired) electrons. The fourth-order valence-corrected chi connectivity index (χ4v) is 1.91. The largest absolute Gasteiger partial charge is 0.457 e. The number of aldehydes is 1. The normalized spacial score (nSPS) is 11.7. The molecule has 3 nitrogen and oxygen atoms in total. The smallest absolute Gasteiger partial charge is 0.185 e. The van der Waals surface area contributed by atoms with E-state index in [-0.39, 0.29) is 0 Å². The molecule has 0 aromatic carbocycles. The molecule has 0 bridgehead atoms. The van der Waals surface area contributed by atoms with Gasteiger partial charge in [0.1, 0.15) is 5.76 Å². The van der Waals surface area contributed by atoms with Gasteiger partial charge in [-0.15, -0.1) is 0 Å². The van der Waals surface area contributed by atoms with Crippen LogP contribution in [-0.4, -0.2) is 24.3 Å². The van der Waals surface area contributed by atoms with Gasteiger partial charge in [0.2, 0.25) is 0 Å². The molecule has 108 valence electrons. The Hall–Kier alpha value is -1.09. The van der Waals surface area contributed by atoms with Crippen molar-refractivity contribution in [1.29, 1.82) is 0 Å². The van der Waals surface area contributed by atoms with Gasteiger partial charge in [0.25, 0.3) is 0 Å². The van der Waals surface area contributed by atoms with Gasteiger partial charge in [-0.25, -0.2) is 0 Å². The van der Waals surface area contributed by atoms with Crippen LogP contribution in [0.2, 0.25) is 0 Å². The first-order valence-electron chi connectivity index (χ1n) is 7.27. The first-order chi connectivity index (χ1) is 9.01. The van der Waals surface area contributed by atoms with Crippen LogP contribution in [0.3, 0.4) is 0 Å². The minimum atomic E-state index is 0.419. The molecule has 19 heavy (non-hydrogen) atoms. The van der Waals surface area contributed by atoms with Crippen molar-refractivity contribution in [1.82, 2.24) is 4.90 Å². The summed E-state index contributed by atoms with van der Waals surface area (Å²) in [6.07, 6.45) is 3.15. The van der Waals surface area contributed by atoms with Gasteiger partial charge in [-0.3, -0.25) is 9.69 Å². The lowest BCUT2D eigenvalue weighted by Gasteiger charge is -2.23. The third-order valence-corrected chi connectivity index (χ3v) is 3.22. The van der Waals surface area contributed by atoms with Crippen molar-refractivity contribution in [3.05, 3.63) is 23.7 Å². The summed E-state index contributed by atoms with van der Waals surface area (Å²) in [5, 5.41) is 0. The zero-order valence-electron chi connectivity index (χ0n) is 12.7. The zero-order chi connectivity index (χ0) is 14.3. The molecule has 0 fully saturated rings. The molecule has 0 unspecified atom stereocenters. The van der Waals surface area contributed by atoms with Gasteiger partial charge < -0.3 is 4.42 Å². The SMILES string of the molecule is CC(C)CCN(CCC(C)C)Cc1ccc(C=O)o1. The van der Waals surface area contributed by atoms with E-state index in [1.807, 2.05) is 6.07 Å². The van der Waals surface area contributed by atoms with Crippen LogP contribution in [0.1, 0.15) is 56.9 Å². The van der Waals surface area contributed by atoms with E-state index in [1.165, 1.54) is 12.8 Å². The van der Waals surface area contributed by atoms with E-state index in [9.17, 15) is 4.79 Å². The standard InChI is InChI=1S/C16H27NO2/c1-13(2)7-9-17(10-8-14(3)4)11-15-5-6-16(12-18)19-15/h5-6,12-14H,7-11H2,1-4H3. The third-order valence-electron chi connectivity index (χ3n) is 3.22. The number of furan rings is 1. The second-order valence-corrected chi connectivity index (χ2v) is 6.06. The van der Waals surface area contributed by atoms with Crippen molar-refractivity contribution in [3.63, 3.8) is 0 Å². The predicted molar refractivity (Wildman–Crippen MR) is 78.3 cm³/mol. The van der Waals surface area contributed by atoms with Crippen molar-refractivity contribution in [2.24, 2.45) is 11.8 Å². The summed E-state index contributed by atoms with van der Waals surface area (Å²) >= 11 is 0. The van der Waals surface area contributed by atoms with E-state index in [1.54, 1.807) is 6.07 Å². The summed E-state index contributed by atoms with van der Waals surface area (Å²) in [5.41, 5.74) is 0. The van der Waals surface area contributed by atoms with Crippen LogP contribution < -0.4 is 0 Å². The summed E-state index contributed by atoms with van der Waals surface area (Å²) in [5.74, 6) is 2.73. The lowest BCUT2D eigenvalue weighted by Crippen LogP contribution is -2.27. The molecular weight excluding hydrogens is 238 g/mol. The number of nitrogens with zero attached hydrogens (tertiary/aromatic N) is 1. The molecule has 0 atom stereocenters. The fourth-order valence-electron chi connectivity index (χ4n) is 1.91. The summed E-state index contributed by atoms with van der Waals surface area (Å²) in [6.45, 7) is 12.0. The molecule has 1 aromatic heterocycles. The maximum Gasteiger partial charge on any atom is 0.185 e. The second-order valence-electron chi connectivity index (χ2n) is 6.06. The number of carbonyl (C=O) groups is 1. The minimum absolute atomic E-state index is 0.419. The van der Waals surface area contributed by atoms with Crippen LogP contribution in [0.4, 0.5) is 0 Å². The molecule has 0 aliphatic carbocycles. The van der Waals surface area contributed by atoms with Gasteiger partial charge in [-0.1, -0.05) is 27.7 Å². The lowest BCUT2D eigenvalue weighted by atomic mass is 10.1. The molecule has 1 rings (SSSR count). The second kappa shape index (κ2) is 8.16. The maximum absolute atomic E-state index is 10.6. The quantitative estimate of drug-likeness (QED) is 0.633. The summed E-state index contributed by atoms with van der Waals surface area (Å²) in [4.78, 5) is 13.1. The first kappa shape index (κ1) is 16.0. The topological polar surface area (TPSA) is 33.5 Å². The number of carbonyl (C=O) groups excluding carboxylic acids is 1. The van der Waals surface area contributed by atoms with Crippen molar-refractivity contribution in [2.75, 3.05) is 13.1 Å². The molecule has 0 N–H and O–H groups in total. The van der Waals surface area contributed by atoms with Gasteiger partial charge in [0.05, 0.1) is 6.54 Å². The van der Waals surface area contributed by atoms with Crippen LogP contribution in [0.5, 0.6) is 0 Å². The Morgan fingerprint density at radius 3 is 2.11 bits per heavy atom. The van der Waals surface area contributed by atoms with E-state index < -0.39 is 0 Å². The molecule has 0 saturated carbocycles. The van der Waals surface area contributed by atoms with E-state index >= 15 is 0 Å². The Morgan fingerprint density at radius 1 is 1.11 bits per heavy atom. The zero-order valence-corrected chi connectivity index (χ0v) is 12.7. The van der Waals surface area contributed by atoms with Crippen LogP contribution in [-0.2, 0) is 6.54 Å². The van der Waals surface area contributed by atoms with E-state index in [0.717, 1.165) is 31.7 Å². The van der Waals surface area contributed by atoms with E-state index in [4.69, 9.17) is 4.42 Å². The van der Waals surface area contributed by atoms with Crippen LogP contribution >= 0.6 is 0 Å². The molecular formula is C16H27NO2. The molecule has 1 heterocycles. The number of hydrogen-bond acceptors (Lipinski definition) is 3. The molecule has 3 heteroatoms. The lowest BCUT2D eigenvalue weighted by molar-refractivity contribution is 0.109. The maximum atomic E-state index is 10.6. The molecule has 0 amide bonds. The summed E-state index contributed by atoms with van der Waals surface area (Å²) < 4.78 is 5.47. The minimum Gasteiger partial charge on any atom is -0.457 e. The Balaban J connectivity index is 2.53. The van der Waals surface area contributed by atoms with Crippen LogP contribution in [0.25, 0.3) is 0 Å². The molecule has 0 aliphatic heterocycles. The summed E-state index contributed by atoms with van der Waals surface area (Å²) in [6, 6.07) is 3.65. The summed E-state index contributed by atoms with van der Waals surface area (Å²) in [7, 11) is 0. The van der Waals surface area contributed by atoms with Gasteiger partial charge in [-0.05, 0) is 49.9 Å². The fraction of sp³-hybridized carbons (Fsp3) is 0.688. The molecule has 0 saturated heterocycles. The average molecular weight is 265 g/mol. The van der Waals surface area contributed by atoms with Gasteiger partial charge >= 0.3 is 0 Å². The third kappa shape index (κ3) is 6.58. The molecule has 1 aromatic rings. The Labute approximate surface area is 117 Å². The highest BCUT2D eigenvalue weighted by Crippen LogP contribution is 2.13. The van der Waals surface area contributed by atoms with Gasteiger partial charge in [0.15, 0.2) is 12.0 Å². The average Bonchev–Trinajstić information content (AvgIpc) is 2.80. The van der Waals surface area contributed by atoms with Gasteiger partial charge in [-0.2, -0.15) is 0 Å². The van der Waals surface area contributed by atoms with E-state index in [2.05, 4.69) is 32.6 Å². The Morgan fingerprint density at radius 2 is 1.68 bits per heavy atom. The number of hydrogen-bond donors (Lipinski definition) is 0. The van der Waals surface area contributed by atoms with Crippen LogP contribution in [0, 0.1) is 11.8 Å². The van der Waals surface area contributed by atoms with Crippen molar-refractivity contribution in [3.8, 4) is 0 Å². The Bertz CT molecular complexity index is 357. The first-order valence-corrected chi connectivity index (χ1v) is 7.27. The highest BCUT2D eigenvalue weighted by Gasteiger charge is 2.10. The van der Waals surface area contributed by atoms with E-state index in [0.29, 0.717) is 17.6 Å². The van der Waals surface area contributed by atoms with Crippen molar-refractivity contribution < 1.29 is 9.21 Å². The monoisotopic (exact) mass is 265 g/mol. The van der Waals surface area contributed by atoms with Crippen LogP contribution in [0.15, 0.2) is 16.5 Å². The highest BCUT2D eigenvalue weighted by atomic mass is 16.3.